The van der Waals surface area contributed by atoms with Crippen molar-refractivity contribution in [2.24, 2.45) is 0 Å². The van der Waals surface area contributed by atoms with Crippen molar-refractivity contribution < 1.29 is 22.7 Å². The summed E-state index contributed by atoms with van der Waals surface area (Å²) >= 11 is 0. The van der Waals surface area contributed by atoms with Crippen LogP contribution in [-0.4, -0.2) is 53.3 Å². The van der Waals surface area contributed by atoms with Crippen LogP contribution in [0.15, 0.2) is 29.2 Å². The Morgan fingerprint density at radius 3 is 2.61 bits per heavy atom. The molecule has 1 amide bonds. The maximum Gasteiger partial charge on any atom is 0.251 e. The average Bonchev–Trinajstić information content (AvgIpc) is 2.59. The smallest absolute Gasteiger partial charge is 0.251 e. The number of nitrogens with one attached hydrogen (secondary N) is 2. The minimum absolute atomic E-state index is 0.145. The summed E-state index contributed by atoms with van der Waals surface area (Å²) in [6.07, 6.45) is 0.567. The summed E-state index contributed by atoms with van der Waals surface area (Å²) in [5.74, 6) is -0.273. The number of carbonyl (C=O) groups excluding carboxylic acids is 1. The summed E-state index contributed by atoms with van der Waals surface area (Å²) in [5, 5.41) is 2.75. The maximum atomic E-state index is 12.0. The normalized spacial score (nSPS) is 18.6. The number of carbonyl (C=O) groups is 1. The highest BCUT2D eigenvalue weighted by Gasteiger charge is 2.17. The molecule has 1 heterocycles. The first-order chi connectivity index (χ1) is 11.0. The molecular weight excluding hydrogens is 320 g/mol. The van der Waals surface area contributed by atoms with Gasteiger partial charge in [-0.3, -0.25) is 4.79 Å². The van der Waals surface area contributed by atoms with E-state index in [-0.39, 0.29) is 16.9 Å². The van der Waals surface area contributed by atoms with Gasteiger partial charge in [0.05, 0.1) is 30.8 Å². The molecule has 2 rings (SSSR count). The lowest BCUT2D eigenvalue weighted by atomic mass is 10.2. The Labute approximate surface area is 136 Å². The Morgan fingerprint density at radius 1 is 1.26 bits per heavy atom. The van der Waals surface area contributed by atoms with Crippen molar-refractivity contribution >= 4 is 15.9 Å². The van der Waals surface area contributed by atoms with Crippen LogP contribution in [0.25, 0.3) is 0 Å². The molecule has 1 aliphatic rings. The third-order valence-corrected chi connectivity index (χ3v) is 4.82. The van der Waals surface area contributed by atoms with Gasteiger partial charge in [-0.25, -0.2) is 13.1 Å². The fourth-order valence-electron chi connectivity index (χ4n) is 2.07. The predicted molar refractivity (Wildman–Crippen MR) is 84.8 cm³/mol. The second-order valence-corrected chi connectivity index (χ2v) is 6.97. The van der Waals surface area contributed by atoms with E-state index in [1.54, 1.807) is 0 Å². The van der Waals surface area contributed by atoms with Crippen LogP contribution >= 0.6 is 0 Å². The fourth-order valence-corrected chi connectivity index (χ4v) is 3.20. The van der Waals surface area contributed by atoms with E-state index in [9.17, 15) is 13.2 Å². The lowest BCUT2D eigenvalue weighted by Crippen LogP contribution is -2.39. The number of hydrogen-bond acceptors (Lipinski definition) is 5. The van der Waals surface area contributed by atoms with Crippen LogP contribution in [0.1, 0.15) is 23.7 Å². The van der Waals surface area contributed by atoms with Crippen LogP contribution in [0.5, 0.6) is 0 Å². The Hall–Kier alpha value is -1.48. The molecule has 8 heteroatoms. The van der Waals surface area contributed by atoms with Crippen LogP contribution < -0.4 is 10.0 Å². The zero-order chi connectivity index (χ0) is 16.7. The van der Waals surface area contributed by atoms with Crippen molar-refractivity contribution in [1.82, 2.24) is 10.0 Å². The molecule has 1 atom stereocenters. The van der Waals surface area contributed by atoms with Gasteiger partial charge in [0, 0.05) is 18.7 Å². The molecule has 0 radical (unpaired) electrons. The van der Waals surface area contributed by atoms with Gasteiger partial charge in [0.1, 0.15) is 0 Å². The Kier molecular flexibility index (Phi) is 6.52. The van der Waals surface area contributed by atoms with Gasteiger partial charge in [0.2, 0.25) is 10.0 Å². The molecule has 0 bridgehead atoms. The standard InChI is InChI=1S/C15H22N2O5S/c1-2-7-17-23(19,20)14-5-3-12(4-6-14)15(18)16-10-13-11-21-8-9-22-13/h3-6,13,17H,2,7-11H2,1H3,(H,16,18)/t13-/m0/s1. The molecule has 0 spiro atoms. The highest BCUT2D eigenvalue weighted by molar-refractivity contribution is 7.89. The summed E-state index contributed by atoms with van der Waals surface area (Å²) in [6.45, 7) is 4.19. The molecule has 1 aliphatic heterocycles. The first kappa shape index (κ1) is 17.9. The van der Waals surface area contributed by atoms with E-state index in [0.717, 1.165) is 0 Å². The first-order valence-electron chi connectivity index (χ1n) is 7.60. The molecule has 0 aliphatic carbocycles. The minimum atomic E-state index is -3.51. The van der Waals surface area contributed by atoms with E-state index in [1.807, 2.05) is 6.92 Å². The molecule has 1 aromatic rings. The average molecular weight is 342 g/mol. The predicted octanol–water partition coefficient (Wildman–Crippen LogP) is 0.520. The molecule has 0 saturated carbocycles. The number of benzene rings is 1. The van der Waals surface area contributed by atoms with Crippen molar-refractivity contribution in [3.05, 3.63) is 29.8 Å². The lowest BCUT2D eigenvalue weighted by Gasteiger charge is -2.23. The number of hydrogen-bond donors (Lipinski definition) is 2. The second kappa shape index (κ2) is 8.39. The molecule has 23 heavy (non-hydrogen) atoms. The maximum absolute atomic E-state index is 12.0. The van der Waals surface area contributed by atoms with Gasteiger partial charge in [-0.05, 0) is 30.7 Å². The second-order valence-electron chi connectivity index (χ2n) is 5.20. The topological polar surface area (TPSA) is 93.7 Å². The van der Waals surface area contributed by atoms with Gasteiger partial charge >= 0.3 is 0 Å². The molecule has 2 N–H and O–H groups in total. The zero-order valence-corrected chi connectivity index (χ0v) is 13.9. The van der Waals surface area contributed by atoms with E-state index in [1.165, 1.54) is 24.3 Å². The largest absolute Gasteiger partial charge is 0.376 e. The van der Waals surface area contributed by atoms with E-state index < -0.39 is 10.0 Å². The SMILES string of the molecule is CCCNS(=O)(=O)c1ccc(C(=O)NC[C@H]2COCCO2)cc1. The highest BCUT2D eigenvalue weighted by atomic mass is 32.2. The number of rotatable bonds is 7. The molecule has 0 aromatic heterocycles. The van der Waals surface area contributed by atoms with Crippen LogP contribution in [0.2, 0.25) is 0 Å². The first-order valence-corrected chi connectivity index (χ1v) is 9.08. The number of amides is 1. The molecule has 7 nitrogen and oxygen atoms in total. The third kappa shape index (κ3) is 5.28. The molecular formula is C15H22N2O5S. The summed E-state index contributed by atoms with van der Waals surface area (Å²) < 4.78 is 37.1. The summed E-state index contributed by atoms with van der Waals surface area (Å²) in [5.41, 5.74) is 0.399. The van der Waals surface area contributed by atoms with Gasteiger partial charge in [-0.1, -0.05) is 6.92 Å². The highest BCUT2D eigenvalue weighted by Crippen LogP contribution is 2.10. The van der Waals surface area contributed by atoms with Gasteiger partial charge < -0.3 is 14.8 Å². The van der Waals surface area contributed by atoms with E-state index >= 15 is 0 Å². The summed E-state index contributed by atoms with van der Waals surface area (Å²) in [6, 6.07) is 5.84. The quantitative estimate of drug-likeness (QED) is 0.753. The summed E-state index contributed by atoms with van der Waals surface area (Å²) in [4.78, 5) is 12.2. The molecule has 0 unspecified atom stereocenters. The zero-order valence-electron chi connectivity index (χ0n) is 13.1. The van der Waals surface area contributed by atoms with Gasteiger partial charge in [-0.2, -0.15) is 0 Å². The van der Waals surface area contributed by atoms with Crippen LogP contribution in [0.3, 0.4) is 0 Å². The Balaban J connectivity index is 1.91. The minimum Gasteiger partial charge on any atom is -0.376 e. The van der Waals surface area contributed by atoms with Crippen molar-refractivity contribution in [3.8, 4) is 0 Å². The molecule has 1 fully saturated rings. The van der Waals surface area contributed by atoms with Crippen LogP contribution in [-0.2, 0) is 19.5 Å². The van der Waals surface area contributed by atoms with Crippen molar-refractivity contribution in [2.45, 2.75) is 24.3 Å². The van der Waals surface area contributed by atoms with Crippen molar-refractivity contribution in [3.63, 3.8) is 0 Å². The van der Waals surface area contributed by atoms with Crippen molar-refractivity contribution in [1.29, 1.82) is 0 Å². The fraction of sp³-hybridized carbons (Fsp3) is 0.533. The Morgan fingerprint density at radius 2 is 2.00 bits per heavy atom. The molecule has 1 saturated heterocycles. The van der Waals surface area contributed by atoms with Gasteiger partial charge in [0.15, 0.2) is 0 Å². The van der Waals surface area contributed by atoms with Crippen LogP contribution in [0, 0.1) is 0 Å². The van der Waals surface area contributed by atoms with E-state index in [2.05, 4.69) is 10.0 Å². The third-order valence-electron chi connectivity index (χ3n) is 3.34. The molecule has 1 aromatic carbocycles. The van der Waals surface area contributed by atoms with E-state index in [0.29, 0.717) is 44.9 Å². The van der Waals surface area contributed by atoms with Crippen molar-refractivity contribution in [2.75, 3.05) is 32.9 Å². The number of ether oxygens (including phenoxy) is 2. The van der Waals surface area contributed by atoms with Gasteiger partial charge in [0.25, 0.3) is 5.91 Å². The monoisotopic (exact) mass is 342 g/mol. The summed E-state index contributed by atoms with van der Waals surface area (Å²) in [7, 11) is -3.51. The molecule has 128 valence electrons. The lowest BCUT2D eigenvalue weighted by molar-refractivity contribution is -0.0855. The Bertz CT molecular complexity index is 609. The number of sulfonamides is 1. The van der Waals surface area contributed by atoms with Gasteiger partial charge in [-0.15, -0.1) is 0 Å². The van der Waals surface area contributed by atoms with Crippen LogP contribution in [0.4, 0.5) is 0 Å². The van der Waals surface area contributed by atoms with E-state index in [4.69, 9.17) is 9.47 Å².